The Balaban J connectivity index is 2.40. The highest BCUT2D eigenvalue weighted by Gasteiger charge is 2.04. The summed E-state index contributed by atoms with van der Waals surface area (Å²) in [5, 5.41) is 10.8. The largest absolute Gasteiger partial charge is 0.480 e. The summed E-state index contributed by atoms with van der Waals surface area (Å²) in [6.45, 7) is -0.799. The monoisotopic (exact) mass is 233 g/mol. The first kappa shape index (κ1) is 12.7. The second kappa shape index (κ2) is 6.30. The van der Waals surface area contributed by atoms with E-state index in [0.29, 0.717) is 11.3 Å². The number of carbonyl (C=O) groups excluding carboxylic acids is 1. The lowest BCUT2D eigenvalue weighted by Crippen LogP contribution is -2.20. The fraction of sp³-hybridized carbons (Fsp3) is 0.167. The molecule has 0 saturated carbocycles. The van der Waals surface area contributed by atoms with Crippen LogP contribution in [0, 0.1) is 12.3 Å². The summed E-state index contributed by atoms with van der Waals surface area (Å²) < 4.78 is 4.63. The van der Waals surface area contributed by atoms with Gasteiger partial charge in [-0.25, -0.2) is 4.79 Å². The Morgan fingerprint density at radius 1 is 1.29 bits per heavy atom. The maximum atomic E-state index is 11.3. The average molecular weight is 233 g/mol. The van der Waals surface area contributed by atoms with Crippen LogP contribution in [-0.4, -0.2) is 30.2 Å². The van der Waals surface area contributed by atoms with Gasteiger partial charge in [0.1, 0.15) is 13.2 Å². The van der Waals surface area contributed by atoms with E-state index in [4.69, 9.17) is 11.5 Å². The van der Waals surface area contributed by atoms with Crippen LogP contribution in [0.15, 0.2) is 24.3 Å². The number of terminal acetylenes is 1. The highest BCUT2D eigenvalue weighted by molar-refractivity contribution is 5.91. The maximum absolute atomic E-state index is 11.3. The first-order valence-corrected chi connectivity index (χ1v) is 4.78. The van der Waals surface area contributed by atoms with Crippen LogP contribution >= 0.6 is 0 Å². The molecule has 0 spiro atoms. The molecule has 0 aromatic heterocycles. The Morgan fingerprint density at radius 2 is 1.94 bits per heavy atom. The van der Waals surface area contributed by atoms with Gasteiger partial charge >= 0.3 is 5.97 Å². The van der Waals surface area contributed by atoms with Crippen molar-refractivity contribution in [1.82, 2.24) is 0 Å². The zero-order chi connectivity index (χ0) is 12.7. The summed E-state index contributed by atoms with van der Waals surface area (Å²) in [6.07, 6.45) is 5.18. The number of rotatable bonds is 5. The molecule has 0 aliphatic heterocycles. The van der Waals surface area contributed by atoms with Gasteiger partial charge in [0, 0.05) is 11.3 Å². The predicted molar refractivity (Wildman–Crippen MR) is 61.5 cm³/mol. The Kier molecular flexibility index (Phi) is 4.73. The number of hydrogen-bond acceptors (Lipinski definition) is 3. The smallest absolute Gasteiger partial charge is 0.329 e. The van der Waals surface area contributed by atoms with Gasteiger partial charge in [0.2, 0.25) is 5.91 Å². The van der Waals surface area contributed by atoms with E-state index < -0.39 is 18.5 Å². The van der Waals surface area contributed by atoms with Crippen LogP contribution in [0.25, 0.3) is 0 Å². The minimum absolute atomic E-state index is 0.302. The van der Waals surface area contributed by atoms with Gasteiger partial charge in [-0.2, -0.15) is 0 Å². The van der Waals surface area contributed by atoms with E-state index in [0.717, 1.165) is 0 Å². The Labute approximate surface area is 98.4 Å². The van der Waals surface area contributed by atoms with Crippen molar-refractivity contribution in [1.29, 1.82) is 0 Å². The van der Waals surface area contributed by atoms with E-state index in [1.807, 2.05) is 0 Å². The molecule has 5 nitrogen and oxygen atoms in total. The molecule has 0 saturated heterocycles. The highest BCUT2D eigenvalue weighted by Crippen LogP contribution is 2.08. The topological polar surface area (TPSA) is 75.6 Å². The molecule has 0 atom stereocenters. The lowest BCUT2D eigenvalue weighted by Gasteiger charge is -2.05. The van der Waals surface area contributed by atoms with Crippen molar-refractivity contribution in [2.75, 3.05) is 18.5 Å². The number of benzene rings is 1. The van der Waals surface area contributed by atoms with Crippen LogP contribution in [0.2, 0.25) is 0 Å². The summed E-state index contributed by atoms with van der Waals surface area (Å²) in [4.78, 5) is 21.4. The van der Waals surface area contributed by atoms with E-state index in [1.54, 1.807) is 24.3 Å². The molecular weight excluding hydrogens is 222 g/mol. The van der Waals surface area contributed by atoms with Gasteiger partial charge in [-0.05, 0) is 24.3 Å². The second-order valence-corrected chi connectivity index (χ2v) is 3.16. The number of aliphatic carboxylic acids is 1. The zero-order valence-corrected chi connectivity index (χ0v) is 8.97. The first-order chi connectivity index (χ1) is 8.11. The molecule has 17 heavy (non-hydrogen) atoms. The number of anilines is 1. The van der Waals surface area contributed by atoms with Crippen molar-refractivity contribution >= 4 is 17.6 Å². The summed E-state index contributed by atoms with van der Waals surface area (Å²) in [5.41, 5.74) is 1.29. The highest BCUT2D eigenvalue weighted by atomic mass is 16.5. The van der Waals surface area contributed by atoms with Crippen molar-refractivity contribution < 1.29 is 19.4 Å². The summed E-state index contributed by atoms with van der Waals surface area (Å²) in [7, 11) is 0. The summed E-state index contributed by atoms with van der Waals surface area (Å²) in [6, 6.07) is 6.69. The molecule has 0 aliphatic carbocycles. The van der Waals surface area contributed by atoms with Gasteiger partial charge in [-0.15, -0.1) is 6.42 Å². The number of hydrogen-bond donors (Lipinski definition) is 2. The Morgan fingerprint density at radius 3 is 2.47 bits per heavy atom. The molecule has 0 heterocycles. The maximum Gasteiger partial charge on any atom is 0.329 e. The number of carbonyl (C=O) groups is 2. The molecule has 1 amide bonds. The number of nitrogens with one attached hydrogen (secondary N) is 1. The zero-order valence-electron chi connectivity index (χ0n) is 8.97. The molecule has 88 valence electrons. The molecule has 2 N–H and O–H groups in total. The third kappa shape index (κ3) is 4.82. The van der Waals surface area contributed by atoms with E-state index >= 15 is 0 Å². The van der Waals surface area contributed by atoms with Crippen molar-refractivity contribution in [3.05, 3.63) is 29.8 Å². The van der Waals surface area contributed by atoms with Crippen molar-refractivity contribution in [2.24, 2.45) is 0 Å². The molecule has 0 aliphatic rings. The van der Waals surface area contributed by atoms with Gasteiger partial charge < -0.3 is 15.2 Å². The molecule has 5 heteroatoms. The van der Waals surface area contributed by atoms with E-state index in [-0.39, 0.29) is 6.61 Å². The fourth-order valence-corrected chi connectivity index (χ4v) is 1.08. The molecule has 1 aromatic carbocycles. The normalized spacial score (nSPS) is 9.35. The molecule has 1 aromatic rings. The fourth-order valence-electron chi connectivity index (χ4n) is 1.08. The third-order valence-electron chi connectivity index (χ3n) is 1.79. The Bertz CT molecular complexity index is 445. The van der Waals surface area contributed by atoms with Gasteiger partial charge in [-0.1, -0.05) is 5.92 Å². The van der Waals surface area contributed by atoms with E-state index in [2.05, 4.69) is 16.0 Å². The number of amides is 1. The van der Waals surface area contributed by atoms with E-state index in [9.17, 15) is 9.59 Å². The minimum atomic E-state index is -1.11. The molecule has 1 rings (SSSR count). The van der Waals surface area contributed by atoms with Gasteiger partial charge in [-0.3, -0.25) is 4.79 Å². The third-order valence-corrected chi connectivity index (χ3v) is 1.79. The van der Waals surface area contributed by atoms with Crippen LogP contribution in [-0.2, 0) is 14.3 Å². The average Bonchev–Trinajstić information content (AvgIpc) is 2.29. The van der Waals surface area contributed by atoms with Gasteiger partial charge in [0.25, 0.3) is 0 Å². The molecular formula is C12H11NO4. The number of carboxylic acids is 1. The lowest BCUT2D eigenvalue weighted by molar-refractivity contribution is -0.143. The molecule has 0 fully saturated rings. The standard InChI is InChI=1S/C12H11NO4/c1-2-9-3-5-10(6-4-9)13-11(14)7-17-8-12(15)16/h1,3-6H,7-8H2,(H,13,14)(H,15,16). The van der Waals surface area contributed by atoms with E-state index in [1.165, 1.54) is 0 Å². The quantitative estimate of drug-likeness (QED) is 0.734. The molecule has 0 bridgehead atoms. The number of carboxylic acid groups (broad SMARTS) is 1. The van der Waals surface area contributed by atoms with Crippen LogP contribution in [0.4, 0.5) is 5.69 Å². The van der Waals surface area contributed by atoms with Crippen molar-refractivity contribution in [3.63, 3.8) is 0 Å². The summed E-state index contributed by atoms with van der Waals surface area (Å²) >= 11 is 0. The van der Waals surface area contributed by atoms with Crippen molar-refractivity contribution in [3.8, 4) is 12.3 Å². The lowest BCUT2D eigenvalue weighted by atomic mass is 10.2. The number of ether oxygens (including phenoxy) is 1. The Hall–Kier alpha value is -2.32. The predicted octanol–water partition coefficient (Wildman–Crippen LogP) is 0.708. The van der Waals surface area contributed by atoms with Crippen LogP contribution in [0.1, 0.15) is 5.56 Å². The molecule has 0 radical (unpaired) electrons. The first-order valence-electron chi connectivity index (χ1n) is 4.78. The minimum Gasteiger partial charge on any atom is -0.480 e. The van der Waals surface area contributed by atoms with Gasteiger partial charge in [0.15, 0.2) is 0 Å². The SMILES string of the molecule is C#Cc1ccc(NC(=O)COCC(=O)O)cc1. The summed E-state index contributed by atoms with van der Waals surface area (Å²) in [5.74, 6) is 0.920. The second-order valence-electron chi connectivity index (χ2n) is 3.16. The van der Waals surface area contributed by atoms with Crippen molar-refractivity contribution in [2.45, 2.75) is 0 Å². The van der Waals surface area contributed by atoms with Crippen LogP contribution in [0.3, 0.4) is 0 Å². The van der Waals surface area contributed by atoms with Crippen LogP contribution < -0.4 is 5.32 Å². The van der Waals surface area contributed by atoms with Gasteiger partial charge in [0.05, 0.1) is 0 Å². The van der Waals surface area contributed by atoms with Crippen LogP contribution in [0.5, 0.6) is 0 Å². The molecule has 0 unspecified atom stereocenters.